The monoisotopic (exact) mass is 154 g/mol. The lowest BCUT2D eigenvalue weighted by molar-refractivity contribution is -0.307. The topological polar surface area (TPSA) is 88.4 Å². The third-order valence-corrected chi connectivity index (χ3v) is 0.931. The van der Waals surface area contributed by atoms with Crippen LogP contribution in [-0.2, 0) is 14.7 Å². The molecule has 0 saturated heterocycles. The van der Waals surface area contributed by atoms with Gasteiger partial charge in [0.05, 0.1) is 19.8 Å². The van der Waals surface area contributed by atoms with E-state index in [0.717, 1.165) is 0 Å². The molecule has 0 aromatic heterocycles. The van der Waals surface area contributed by atoms with Gasteiger partial charge < -0.3 is 0 Å². The quantitative estimate of drug-likeness (QED) is 0.370. The van der Waals surface area contributed by atoms with E-state index in [4.69, 9.17) is 15.8 Å². The molecule has 0 unspecified atom stereocenters. The van der Waals surface area contributed by atoms with Crippen molar-refractivity contribution in [3.8, 4) is 0 Å². The summed E-state index contributed by atoms with van der Waals surface area (Å²) in [6, 6.07) is 0. The fraction of sp³-hybridized carbons (Fsp3) is 1.00. The zero-order valence-corrected chi connectivity index (χ0v) is 5.27. The van der Waals surface area contributed by atoms with Gasteiger partial charge in [0.15, 0.2) is 0 Å². The molecule has 3 N–H and O–H groups in total. The lowest BCUT2D eigenvalue weighted by atomic mass is 10.2. The maximum absolute atomic E-state index is 7.92. The molecular formula is C4H10O6. The molecule has 6 heteroatoms. The fourth-order valence-electron chi connectivity index (χ4n) is 0.461. The maximum atomic E-state index is 7.92. The predicted molar refractivity (Wildman–Crippen MR) is 29.2 cm³/mol. The van der Waals surface area contributed by atoms with Gasteiger partial charge in [0, 0.05) is 5.92 Å². The zero-order chi connectivity index (χ0) is 7.82. The van der Waals surface area contributed by atoms with E-state index in [2.05, 4.69) is 14.7 Å². The van der Waals surface area contributed by atoms with Gasteiger partial charge in [0.25, 0.3) is 0 Å². The summed E-state index contributed by atoms with van der Waals surface area (Å²) in [5.74, 6) is -0.389. The molecule has 0 saturated carbocycles. The summed E-state index contributed by atoms with van der Waals surface area (Å²) in [4.78, 5) is 11.2. The van der Waals surface area contributed by atoms with Crippen LogP contribution in [0.25, 0.3) is 0 Å². The van der Waals surface area contributed by atoms with Crippen molar-refractivity contribution < 1.29 is 30.4 Å². The van der Waals surface area contributed by atoms with E-state index in [1.54, 1.807) is 0 Å². The van der Waals surface area contributed by atoms with Crippen LogP contribution >= 0.6 is 0 Å². The van der Waals surface area contributed by atoms with Crippen molar-refractivity contribution in [3.05, 3.63) is 0 Å². The van der Waals surface area contributed by atoms with Crippen molar-refractivity contribution in [1.82, 2.24) is 0 Å². The molecule has 0 amide bonds. The first kappa shape index (κ1) is 9.76. The molecule has 0 aromatic carbocycles. The molecule has 0 atom stereocenters. The highest BCUT2D eigenvalue weighted by molar-refractivity contribution is 4.52. The Bertz CT molecular complexity index is 52.5. The van der Waals surface area contributed by atoms with E-state index in [-0.39, 0.29) is 25.7 Å². The van der Waals surface area contributed by atoms with Gasteiger partial charge in [-0.3, -0.25) is 15.8 Å². The molecule has 0 radical (unpaired) electrons. The predicted octanol–water partition coefficient (Wildman–Crippen LogP) is 0.0714. The fourth-order valence-corrected chi connectivity index (χ4v) is 0.461. The van der Waals surface area contributed by atoms with Gasteiger partial charge in [0.2, 0.25) is 0 Å². The standard InChI is InChI=1S/C4H10O6/c5-8-1-4(2-9-6)3-10-7/h4-7H,1-3H2. The molecule has 0 aliphatic carbocycles. The Kier molecular flexibility index (Phi) is 6.71. The molecule has 0 fully saturated rings. The van der Waals surface area contributed by atoms with Gasteiger partial charge in [0.1, 0.15) is 0 Å². The molecule has 10 heavy (non-hydrogen) atoms. The molecule has 0 aromatic rings. The summed E-state index contributed by atoms with van der Waals surface area (Å²) in [7, 11) is 0. The Morgan fingerprint density at radius 2 is 1.10 bits per heavy atom. The van der Waals surface area contributed by atoms with Crippen LogP contribution in [0.5, 0.6) is 0 Å². The normalized spacial score (nSPS) is 10.8. The summed E-state index contributed by atoms with van der Waals surface area (Å²) in [5.41, 5.74) is 0. The highest BCUT2D eigenvalue weighted by Gasteiger charge is 2.09. The first-order valence-corrected chi connectivity index (χ1v) is 2.64. The Hall–Kier alpha value is -0.240. The van der Waals surface area contributed by atoms with E-state index in [1.807, 2.05) is 0 Å². The Labute approximate surface area is 57.3 Å². The van der Waals surface area contributed by atoms with Crippen molar-refractivity contribution in [1.29, 1.82) is 0 Å². The highest BCUT2D eigenvalue weighted by Crippen LogP contribution is 1.96. The van der Waals surface area contributed by atoms with E-state index < -0.39 is 0 Å². The van der Waals surface area contributed by atoms with Crippen molar-refractivity contribution in [3.63, 3.8) is 0 Å². The second-order valence-corrected chi connectivity index (χ2v) is 1.75. The highest BCUT2D eigenvalue weighted by atomic mass is 17.1. The SMILES string of the molecule is OOCC(COO)COO. The molecule has 6 nitrogen and oxygen atoms in total. The first-order chi connectivity index (χ1) is 4.85. The maximum Gasteiger partial charge on any atom is 0.0894 e. The Morgan fingerprint density at radius 3 is 1.30 bits per heavy atom. The third kappa shape index (κ3) is 4.62. The van der Waals surface area contributed by atoms with E-state index in [9.17, 15) is 0 Å². The summed E-state index contributed by atoms with van der Waals surface area (Å²) >= 11 is 0. The molecule has 0 heterocycles. The van der Waals surface area contributed by atoms with Crippen LogP contribution in [0, 0.1) is 5.92 Å². The molecule has 0 aliphatic heterocycles. The number of hydrogen-bond acceptors (Lipinski definition) is 6. The van der Waals surface area contributed by atoms with Gasteiger partial charge in [-0.1, -0.05) is 0 Å². The van der Waals surface area contributed by atoms with Gasteiger partial charge >= 0.3 is 0 Å². The minimum atomic E-state index is -0.389. The largest absolute Gasteiger partial charge is 0.252 e. The molecule has 62 valence electrons. The zero-order valence-electron chi connectivity index (χ0n) is 5.27. The van der Waals surface area contributed by atoms with Gasteiger partial charge in [-0.2, -0.15) is 0 Å². The summed E-state index contributed by atoms with van der Waals surface area (Å²) in [5, 5.41) is 23.7. The van der Waals surface area contributed by atoms with Gasteiger partial charge in [-0.25, -0.2) is 14.7 Å². The number of rotatable bonds is 6. The van der Waals surface area contributed by atoms with E-state index in [0.29, 0.717) is 0 Å². The summed E-state index contributed by atoms with van der Waals surface area (Å²) in [6.45, 7) is -0.205. The van der Waals surface area contributed by atoms with Crippen LogP contribution in [-0.4, -0.2) is 35.6 Å². The van der Waals surface area contributed by atoms with Gasteiger partial charge in [-0.15, -0.1) is 0 Å². The number of hydrogen-bond donors (Lipinski definition) is 3. The van der Waals surface area contributed by atoms with E-state index >= 15 is 0 Å². The molecule has 0 rings (SSSR count). The molecular weight excluding hydrogens is 144 g/mol. The second-order valence-electron chi connectivity index (χ2n) is 1.75. The Balaban J connectivity index is 3.30. The van der Waals surface area contributed by atoms with Crippen LogP contribution in [0.1, 0.15) is 0 Å². The molecule has 0 bridgehead atoms. The minimum absolute atomic E-state index is 0.0683. The molecule has 0 aliphatic rings. The average molecular weight is 154 g/mol. The third-order valence-electron chi connectivity index (χ3n) is 0.931. The van der Waals surface area contributed by atoms with Gasteiger partial charge in [-0.05, 0) is 0 Å². The molecule has 0 spiro atoms. The van der Waals surface area contributed by atoms with Crippen LogP contribution in [0.3, 0.4) is 0 Å². The Morgan fingerprint density at radius 1 is 0.800 bits per heavy atom. The van der Waals surface area contributed by atoms with Crippen LogP contribution in [0.4, 0.5) is 0 Å². The lowest BCUT2D eigenvalue weighted by Crippen LogP contribution is -2.19. The van der Waals surface area contributed by atoms with Crippen molar-refractivity contribution in [2.75, 3.05) is 19.8 Å². The second kappa shape index (κ2) is 6.87. The average Bonchev–Trinajstić information content (AvgIpc) is 1.90. The van der Waals surface area contributed by atoms with Crippen molar-refractivity contribution in [2.24, 2.45) is 5.92 Å². The van der Waals surface area contributed by atoms with Crippen LogP contribution in [0.15, 0.2) is 0 Å². The van der Waals surface area contributed by atoms with Crippen LogP contribution < -0.4 is 0 Å². The van der Waals surface area contributed by atoms with E-state index in [1.165, 1.54) is 0 Å². The summed E-state index contributed by atoms with van der Waals surface area (Å²) in [6.07, 6.45) is 0. The summed E-state index contributed by atoms with van der Waals surface area (Å²) < 4.78 is 0. The smallest absolute Gasteiger partial charge is 0.0894 e. The van der Waals surface area contributed by atoms with Crippen LogP contribution in [0.2, 0.25) is 0 Å². The minimum Gasteiger partial charge on any atom is -0.252 e. The lowest BCUT2D eigenvalue weighted by Gasteiger charge is -2.09. The van der Waals surface area contributed by atoms with Crippen molar-refractivity contribution in [2.45, 2.75) is 0 Å². The first-order valence-electron chi connectivity index (χ1n) is 2.64. The van der Waals surface area contributed by atoms with Crippen molar-refractivity contribution >= 4 is 0 Å².